The SMILES string of the molecule is O=C(CCS(=O)C1CCOCC1)Nc1cccc(C(F)(F)F)c1. The normalized spacial score (nSPS) is 17.7. The van der Waals surface area contributed by atoms with Crippen LogP contribution in [-0.4, -0.2) is 34.3 Å². The lowest BCUT2D eigenvalue weighted by atomic mass is 10.2. The van der Waals surface area contributed by atoms with Crippen molar-refractivity contribution in [3.8, 4) is 0 Å². The molecule has 0 spiro atoms. The summed E-state index contributed by atoms with van der Waals surface area (Å²) in [5.41, 5.74) is -0.734. The second-order valence-corrected chi connectivity index (χ2v) is 7.11. The zero-order valence-electron chi connectivity index (χ0n) is 12.4. The molecule has 1 aliphatic rings. The Balaban J connectivity index is 1.84. The van der Waals surface area contributed by atoms with Crippen LogP contribution in [0.25, 0.3) is 0 Å². The lowest BCUT2D eigenvalue weighted by Crippen LogP contribution is -2.27. The van der Waals surface area contributed by atoms with Crippen LogP contribution in [0, 0.1) is 0 Å². The van der Waals surface area contributed by atoms with Crippen LogP contribution in [0.15, 0.2) is 24.3 Å². The van der Waals surface area contributed by atoms with Crippen LogP contribution in [0.1, 0.15) is 24.8 Å². The first-order chi connectivity index (χ1) is 10.9. The van der Waals surface area contributed by atoms with Gasteiger partial charge in [0.15, 0.2) is 0 Å². The Hall–Kier alpha value is -1.41. The van der Waals surface area contributed by atoms with E-state index in [9.17, 15) is 22.2 Å². The first-order valence-corrected chi connectivity index (χ1v) is 8.66. The third-order valence-electron chi connectivity index (χ3n) is 3.54. The summed E-state index contributed by atoms with van der Waals surface area (Å²) < 4.78 is 55.1. The molecule has 1 amide bonds. The number of carbonyl (C=O) groups is 1. The predicted molar refractivity (Wildman–Crippen MR) is 81.5 cm³/mol. The minimum atomic E-state index is -4.45. The Kier molecular flexibility index (Phi) is 6.17. The molecule has 1 heterocycles. The third-order valence-corrected chi connectivity index (χ3v) is 5.37. The Bertz CT molecular complexity index is 571. The Morgan fingerprint density at radius 1 is 1.30 bits per heavy atom. The van der Waals surface area contributed by atoms with Gasteiger partial charge >= 0.3 is 6.18 Å². The van der Waals surface area contributed by atoms with E-state index in [0.29, 0.717) is 26.1 Å². The van der Waals surface area contributed by atoms with Gasteiger partial charge in [0.1, 0.15) is 0 Å². The zero-order chi connectivity index (χ0) is 16.9. The van der Waals surface area contributed by atoms with Gasteiger partial charge in [-0.05, 0) is 31.0 Å². The van der Waals surface area contributed by atoms with Gasteiger partial charge < -0.3 is 10.1 Å². The van der Waals surface area contributed by atoms with Crippen LogP contribution >= 0.6 is 0 Å². The van der Waals surface area contributed by atoms with Gasteiger partial charge in [-0.3, -0.25) is 9.00 Å². The number of amides is 1. The molecule has 23 heavy (non-hydrogen) atoms. The molecule has 1 saturated heterocycles. The number of rotatable bonds is 5. The minimum absolute atomic E-state index is 0.0141. The maximum atomic E-state index is 12.6. The van der Waals surface area contributed by atoms with Crippen molar-refractivity contribution in [2.24, 2.45) is 0 Å². The summed E-state index contributed by atoms with van der Waals surface area (Å²) in [7, 11) is -1.12. The molecular formula is C15H18F3NO3S. The molecule has 4 nitrogen and oxygen atoms in total. The fourth-order valence-electron chi connectivity index (χ4n) is 2.30. The number of benzene rings is 1. The Morgan fingerprint density at radius 3 is 2.65 bits per heavy atom. The number of hydrogen-bond donors (Lipinski definition) is 1. The van der Waals surface area contributed by atoms with Crippen molar-refractivity contribution in [1.82, 2.24) is 0 Å². The highest BCUT2D eigenvalue weighted by Crippen LogP contribution is 2.30. The largest absolute Gasteiger partial charge is 0.416 e. The number of nitrogens with one attached hydrogen (secondary N) is 1. The standard InChI is InChI=1S/C15H18F3NO3S/c16-15(17,18)11-2-1-3-12(10-11)19-14(20)6-9-23(21)13-4-7-22-8-5-13/h1-3,10,13H,4-9H2,(H,19,20). The fraction of sp³-hybridized carbons (Fsp3) is 0.533. The number of halogens is 3. The van der Waals surface area contributed by atoms with Crippen molar-refractivity contribution >= 4 is 22.4 Å². The highest BCUT2D eigenvalue weighted by atomic mass is 32.2. The number of ether oxygens (including phenoxy) is 1. The molecular weight excluding hydrogens is 331 g/mol. The summed E-state index contributed by atoms with van der Waals surface area (Å²) in [4.78, 5) is 11.8. The molecule has 0 saturated carbocycles. The lowest BCUT2D eigenvalue weighted by Gasteiger charge is -2.21. The maximum absolute atomic E-state index is 12.6. The fourth-order valence-corrected chi connectivity index (χ4v) is 3.73. The molecule has 1 aliphatic heterocycles. The van der Waals surface area contributed by atoms with Crippen molar-refractivity contribution in [1.29, 1.82) is 0 Å². The molecule has 1 aromatic rings. The highest BCUT2D eigenvalue weighted by molar-refractivity contribution is 7.85. The molecule has 8 heteroatoms. The van der Waals surface area contributed by atoms with E-state index in [-0.39, 0.29) is 23.1 Å². The molecule has 0 radical (unpaired) electrons. The van der Waals surface area contributed by atoms with Crippen LogP contribution in [0.2, 0.25) is 0 Å². The Labute approximate surface area is 134 Å². The van der Waals surface area contributed by atoms with E-state index >= 15 is 0 Å². The lowest BCUT2D eigenvalue weighted by molar-refractivity contribution is -0.137. The molecule has 1 N–H and O–H groups in total. The van der Waals surface area contributed by atoms with E-state index < -0.39 is 28.4 Å². The summed E-state index contributed by atoms with van der Waals surface area (Å²) in [6.07, 6.45) is -3.02. The molecule has 1 unspecified atom stereocenters. The van der Waals surface area contributed by atoms with Gasteiger partial charge in [0.2, 0.25) is 5.91 Å². The summed E-state index contributed by atoms with van der Waals surface area (Å²) >= 11 is 0. The molecule has 2 rings (SSSR count). The Morgan fingerprint density at radius 2 is 2.00 bits per heavy atom. The van der Waals surface area contributed by atoms with Crippen molar-refractivity contribution in [2.45, 2.75) is 30.7 Å². The van der Waals surface area contributed by atoms with E-state index in [2.05, 4.69) is 5.32 Å². The topological polar surface area (TPSA) is 55.4 Å². The zero-order valence-corrected chi connectivity index (χ0v) is 13.2. The predicted octanol–water partition coefficient (Wildman–Crippen LogP) is 2.96. The number of hydrogen-bond acceptors (Lipinski definition) is 3. The number of carbonyl (C=O) groups excluding carboxylic acids is 1. The van der Waals surface area contributed by atoms with Gasteiger partial charge in [-0.1, -0.05) is 6.07 Å². The van der Waals surface area contributed by atoms with Crippen molar-refractivity contribution in [3.63, 3.8) is 0 Å². The number of anilines is 1. The summed E-state index contributed by atoms with van der Waals surface area (Å²) in [6, 6.07) is 4.45. The van der Waals surface area contributed by atoms with Gasteiger partial charge in [0, 0.05) is 47.1 Å². The van der Waals surface area contributed by atoms with E-state index in [1.807, 2.05) is 0 Å². The summed E-state index contributed by atoms with van der Waals surface area (Å²) in [5.74, 6) is -0.236. The average Bonchev–Trinajstić information content (AvgIpc) is 2.53. The van der Waals surface area contributed by atoms with Crippen molar-refractivity contribution in [3.05, 3.63) is 29.8 Å². The average molecular weight is 349 g/mol. The maximum Gasteiger partial charge on any atom is 0.416 e. The quantitative estimate of drug-likeness (QED) is 0.889. The summed E-state index contributed by atoms with van der Waals surface area (Å²) in [6.45, 7) is 1.15. The molecule has 1 atom stereocenters. The molecule has 0 aliphatic carbocycles. The van der Waals surface area contributed by atoms with Gasteiger partial charge in [0.25, 0.3) is 0 Å². The third kappa shape index (κ3) is 5.62. The van der Waals surface area contributed by atoms with Crippen LogP contribution in [0.4, 0.5) is 18.9 Å². The highest BCUT2D eigenvalue weighted by Gasteiger charge is 2.30. The van der Waals surface area contributed by atoms with Crippen LogP contribution in [0.5, 0.6) is 0 Å². The van der Waals surface area contributed by atoms with Gasteiger partial charge in [-0.2, -0.15) is 13.2 Å². The second-order valence-electron chi connectivity index (χ2n) is 5.27. The van der Waals surface area contributed by atoms with Crippen LogP contribution < -0.4 is 5.32 Å². The monoisotopic (exact) mass is 349 g/mol. The van der Waals surface area contributed by atoms with E-state index in [1.165, 1.54) is 12.1 Å². The van der Waals surface area contributed by atoms with Crippen LogP contribution in [0.3, 0.4) is 0 Å². The number of alkyl halides is 3. The molecule has 0 bridgehead atoms. The molecule has 1 aromatic carbocycles. The van der Waals surface area contributed by atoms with E-state index in [1.54, 1.807) is 0 Å². The molecule has 0 aromatic heterocycles. The van der Waals surface area contributed by atoms with E-state index in [0.717, 1.165) is 12.1 Å². The van der Waals surface area contributed by atoms with Crippen molar-refractivity contribution < 1.29 is 26.9 Å². The molecule has 1 fully saturated rings. The van der Waals surface area contributed by atoms with Crippen LogP contribution in [-0.2, 0) is 26.5 Å². The van der Waals surface area contributed by atoms with Gasteiger partial charge in [-0.25, -0.2) is 0 Å². The summed E-state index contributed by atoms with van der Waals surface area (Å²) in [5, 5.41) is 2.45. The van der Waals surface area contributed by atoms with Crippen molar-refractivity contribution in [2.75, 3.05) is 24.3 Å². The minimum Gasteiger partial charge on any atom is -0.381 e. The second kappa shape index (κ2) is 7.92. The van der Waals surface area contributed by atoms with Gasteiger partial charge in [-0.15, -0.1) is 0 Å². The van der Waals surface area contributed by atoms with Gasteiger partial charge in [0.05, 0.1) is 5.56 Å². The van der Waals surface area contributed by atoms with E-state index in [4.69, 9.17) is 4.74 Å². The smallest absolute Gasteiger partial charge is 0.381 e. The molecule has 128 valence electrons. The first kappa shape index (κ1) is 17.9. The first-order valence-electron chi connectivity index (χ1n) is 7.28.